The molecule has 108 valence electrons. The second kappa shape index (κ2) is 7.51. The highest BCUT2D eigenvalue weighted by Gasteiger charge is 2.07. The Morgan fingerprint density at radius 1 is 1.16 bits per heavy atom. The molecule has 0 fully saturated rings. The van der Waals surface area contributed by atoms with Gasteiger partial charge in [0.2, 0.25) is 0 Å². The summed E-state index contributed by atoms with van der Waals surface area (Å²) in [5.41, 5.74) is 10.0. The fraction of sp³-hybridized carbons (Fsp3) is 0.625. The van der Waals surface area contributed by atoms with Gasteiger partial charge in [0, 0.05) is 31.9 Å². The second-order valence-corrected chi connectivity index (χ2v) is 5.72. The summed E-state index contributed by atoms with van der Waals surface area (Å²) in [6.45, 7) is 6.43. The van der Waals surface area contributed by atoms with Gasteiger partial charge in [0.05, 0.1) is 0 Å². The van der Waals surface area contributed by atoms with Gasteiger partial charge in [-0.15, -0.1) is 0 Å². The monoisotopic (exact) mass is 263 g/mol. The summed E-state index contributed by atoms with van der Waals surface area (Å²) in [7, 11) is 6.37. The lowest BCUT2D eigenvalue weighted by atomic mass is 10.0. The number of rotatable bonds is 7. The van der Waals surface area contributed by atoms with Crippen LogP contribution in [0.4, 0.5) is 5.69 Å². The number of hydrogen-bond donors (Lipinski definition) is 1. The third-order valence-electron chi connectivity index (χ3n) is 3.58. The summed E-state index contributed by atoms with van der Waals surface area (Å²) in [6, 6.07) is 6.99. The van der Waals surface area contributed by atoms with Gasteiger partial charge in [0.1, 0.15) is 0 Å². The zero-order valence-corrected chi connectivity index (χ0v) is 13.1. The third-order valence-corrected chi connectivity index (χ3v) is 3.58. The van der Waals surface area contributed by atoms with Gasteiger partial charge in [-0.3, -0.25) is 0 Å². The van der Waals surface area contributed by atoms with Gasteiger partial charge in [-0.1, -0.05) is 19.1 Å². The minimum atomic E-state index is 0.275. The highest BCUT2D eigenvalue weighted by molar-refractivity contribution is 5.54. The smallest absolute Gasteiger partial charge is 0.0393 e. The summed E-state index contributed by atoms with van der Waals surface area (Å²) >= 11 is 0. The molecule has 0 saturated heterocycles. The molecule has 0 bridgehead atoms. The minimum absolute atomic E-state index is 0.275. The lowest BCUT2D eigenvalue weighted by Crippen LogP contribution is -2.29. The van der Waals surface area contributed by atoms with Crippen molar-refractivity contribution in [3.05, 3.63) is 29.3 Å². The summed E-state index contributed by atoms with van der Waals surface area (Å²) < 4.78 is 0. The normalized spacial score (nSPS) is 12.8. The lowest BCUT2D eigenvalue weighted by molar-refractivity contribution is 0.416. The molecule has 0 radical (unpaired) electrons. The molecule has 1 atom stereocenters. The maximum absolute atomic E-state index is 6.02. The standard InChI is InChI=1S/C16H29N3/c1-6-15(17)12-14-7-8-16(13(2)11-14)19(5)10-9-18(3)4/h7-8,11,15H,6,9-10,12,17H2,1-5H3. The molecule has 19 heavy (non-hydrogen) atoms. The molecule has 0 aliphatic carbocycles. The van der Waals surface area contributed by atoms with Crippen LogP contribution in [0.1, 0.15) is 24.5 Å². The van der Waals surface area contributed by atoms with E-state index in [1.165, 1.54) is 16.8 Å². The van der Waals surface area contributed by atoms with Crippen molar-refractivity contribution in [2.45, 2.75) is 32.7 Å². The molecule has 1 rings (SSSR count). The molecule has 0 aliphatic rings. The quantitative estimate of drug-likeness (QED) is 0.819. The van der Waals surface area contributed by atoms with E-state index in [1.807, 2.05) is 0 Å². The summed E-state index contributed by atoms with van der Waals surface area (Å²) in [6.07, 6.45) is 2.00. The van der Waals surface area contributed by atoms with Gasteiger partial charge in [-0.05, 0) is 51.1 Å². The largest absolute Gasteiger partial charge is 0.373 e. The van der Waals surface area contributed by atoms with E-state index in [-0.39, 0.29) is 6.04 Å². The van der Waals surface area contributed by atoms with E-state index in [1.54, 1.807) is 0 Å². The second-order valence-electron chi connectivity index (χ2n) is 5.72. The fourth-order valence-corrected chi connectivity index (χ4v) is 2.19. The minimum Gasteiger partial charge on any atom is -0.373 e. The van der Waals surface area contributed by atoms with Crippen LogP contribution >= 0.6 is 0 Å². The van der Waals surface area contributed by atoms with Gasteiger partial charge < -0.3 is 15.5 Å². The van der Waals surface area contributed by atoms with Crippen molar-refractivity contribution in [1.82, 2.24) is 4.90 Å². The van der Waals surface area contributed by atoms with Crippen molar-refractivity contribution in [2.75, 3.05) is 39.1 Å². The highest BCUT2D eigenvalue weighted by Crippen LogP contribution is 2.20. The van der Waals surface area contributed by atoms with E-state index in [0.29, 0.717) is 0 Å². The van der Waals surface area contributed by atoms with Crippen LogP contribution in [0.15, 0.2) is 18.2 Å². The molecule has 0 aromatic heterocycles. The van der Waals surface area contributed by atoms with Gasteiger partial charge in [-0.2, -0.15) is 0 Å². The van der Waals surface area contributed by atoms with Gasteiger partial charge in [0.25, 0.3) is 0 Å². The predicted molar refractivity (Wildman–Crippen MR) is 85.0 cm³/mol. The van der Waals surface area contributed by atoms with Crippen LogP contribution < -0.4 is 10.6 Å². The predicted octanol–water partition coefficient (Wildman–Crippen LogP) is 2.27. The van der Waals surface area contributed by atoms with Crippen LogP contribution in [0.25, 0.3) is 0 Å². The van der Waals surface area contributed by atoms with Crippen molar-refractivity contribution in [2.24, 2.45) is 5.73 Å². The SMILES string of the molecule is CCC(N)Cc1ccc(N(C)CCN(C)C)c(C)c1. The molecule has 0 amide bonds. The van der Waals surface area contributed by atoms with E-state index in [4.69, 9.17) is 5.73 Å². The van der Waals surface area contributed by atoms with Crippen molar-refractivity contribution in [3.8, 4) is 0 Å². The molecular formula is C16H29N3. The van der Waals surface area contributed by atoms with E-state index >= 15 is 0 Å². The van der Waals surface area contributed by atoms with Crippen molar-refractivity contribution in [1.29, 1.82) is 0 Å². The molecule has 0 heterocycles. The van der Waals surface area contributed by atoms with Gasteiger partial charge in [-0.25, -0.2) is 0 Å². The number of aryl methyl sites for hydroxylation is 1. The Morgan fingerprint density at radius 2 is 1.84 bits per heavy atom. The first-order valence-corrected chi connectivity index (χ1v) is 7.15. The van der Waals surface area contributed by atoms with Crippen molar-refractivity contribution >= 4 is 5.69 Å². The highest BCUT2D eigenvalue weighted by atomic mass is 15.2. The molecule has 0 saturated carbocycles. The first-order chi connectivity index (χ1) is 8.93. The number of hydrogen-bond acceptors (Lipinski definition) is 3. The number of nitrogens with two attached hydrogens (primary N) is 1. The lowest BCUT2D eigenvalue weighted by Gasteiger charge is -2.24. The first-order valence-electron chi connectivity index (χ1n) is 7.15. The topological polar surface area (TPSA) is 32.5 Å². The van der Waals surface area contributed by atoms with Crippen LogP contribution in [0.2, 0.25) is 0 Å². The van der Waals surface area contributed by atoms with E-state index in [0.717, 1.165) is 25.9 Å². The van der Waals surface area contributed by atoms with Crippen LogP contribution in [-0.2, 0) is 6.42 Å². The molecule has 1 aromatic carbocycles. The van der Waals surface area contributed by atoms with Crippen LogP contribution in [-0.4, -0.2) is 45.2 Å². The van der Waals surface area contributed by atoms with Crippen molar-refractivity contribution in [3.63, 3.8) is 0 Å². The maximum atomic E-state index is 6.02. The summed E-state index contributed by atoms with van der Waals surface area (Å²) in [5.74, 6) is 0. The van der Waals surface area contributed by atoms with Crippen molar-refractivity contribution < 1.29 is 0 Å². The number of nitrogens with zero attached hydrogens (tertiary/aromatic N) is 2. The zero-order valence-electron chi connectivity index (χ0n) is 13.1. The summed E-state index contributed by atoms with van der Waals surface area (Å²) in [4.78, 5) is 4.53. The van der Waals surface area contributed by atoms with Crippen LogP contribution in [0.5, 0.6) is 0 Å². The van der Waals surface area contributed by atoms with E-state index in [2.05, 4.69) is 63.0 Å². The Hall–Kier alpha value is -1.06. The number of benzene rings is 1. The van der Waals surface area contributed by atoms with E-state index < -0.39 is 0 Å². The zero-order chi connectivity index (χ0) is 14.4. The van der Waals surface area contributed by atoms with Crippen LogP contribution in [0, 0.1) is 6.92 Å². The summed E-state index contributed by atoms with van der Waals surface area (Å²) in [5, 5.41) is 0. The van der Waals surface area contributed by atoms with Crippen LogP contribution in [0.3, 0.4) is 0 Å². The Bertz CT molecular complexity index is 388. The van der Waals surface area contributed by atoms with Gasteiger partial charge >= 0.3 is 0 Å². The number of anilines is 1. The molecule has 0 aliphatic heterocycles. The average Bonchev–Trinajstić information content (AvgIpc) is 2.35. The van der Waals surface area contributed by atoms with E-state index in [9.17, 15) is 0 Å². The Morgan fingerprint density at radius 3 is 2.37 bits per heavy atom. The molecule has 0 spiro atoms. The Kier molecular flexibility index (Phi) is 6.32. The Balaban J connectivity index is 2.71. The maximum Gasteiger partial charge on any atom is 0.0393 e. The third kappa shape index (κ3) is 5.21. The van der Waals surface area contributed by atoms with Gasteiger partial charge in [0.15, 0.2) is 0 Å². The fourth-order valence-electron chi connectivity index (χ4n) is 2.19. The molecule has 2 N–H and O–H groups in total. The molecule has 3 nitrogen and oxygen atoms in total. The molecule has 1 unspecified atom stereocenters. The molecular weight excluding hydrogens is 234 g/mol. The molecule has 1 aromatic rings. The number of likely N-dealkylation sites (N-methyl/N-ethyl adjacent to an activating group) is 2. The Labute approximate surface area is 118 Å². The molecule has 3 heteroatoms. The average molecular weight is 263 g/mol. The first kappa shape index (κ1) is 16.0.